The molecule has 29 heavy (non-hydrogen) atoms. The van der Waals surface area contributed by atoms with Crippen molar-refractivity contribution in [1.29, 1.82) is 0 Å². The largest absolute Gasteiger partial charge is 0.492 e. The van der Waals surface area contributed by atoms with Crippen LogP contribution in [0.15, 0.2) is 60.7 Å². The summed E-state index contributed by atoms with van der Waals surface area (Å²) in [5, 5.41) is 14.5. The second-order valence-electron chi connectivity index (χ2n) is 6.26. The van der Waals surface area contributed by atoms with E-state index in [9.17, 15) is 4.79 Å². The van der Waals surface area contributed by atoms with Crippen molar-refractivity contribution in [3.05, 3.63) is 65.5 Å². The second-order valence-corrected chi connectivity index (χ2v) is 7.32. The molecule has 1 N–H and O–H groups in total. The summed E-state index contributed by atoms with van der Waals surface area (Å²) in [6.45, 7) is 2.39. The Morgan fingerprint density at radius 1 is 1.10 bits per heavy atom. The van der Waals surface area contributed by atoms with Gasteiger partial charge < -0.3 is 10.1 Å². The monoisotopic (exact) mass is 405 g/mol. The van der Waals surface area contributed by atoms with Gasteiger partial charge in [0.2, 0.25) is 0 Å². The average molecular weight is 405 g/mol. The number of anilines is 1. The summed E-state index contributed by atoms with van der Waals surface area (Å²) in [5.74, 6) is 0.995. The van der Waals surface area contributed by atoms with Crippen molar-refractivity contribution in [1.82, 2.24) is 20.2 Å². The highest BCUT2D eigenvalue weighted by Gasteiger charge is 2.19. The van der Waals surface area contributed by atoms with Crippen molar-refractivity contribution in [2.75, 3.05) is 11.9 Å². The van der Waals surface area contributed by atoms with Gasteiger partial charge in [-0.2, -0.15) is 0 Å². The molecule has 1 amide bonds. The molecule has 0 saturated heterocycles. The Hall–Kier alpha value is -3.52. The minimum absolute atomic E-state index is 0.214. The van der Waals surface area contributed by atoms with Gasteiger partial charge in [0.05, 0.1) is 6.61 Å². The number of tetrazole rings is 1. The lowest BCUT2D eigenvalue weighted by Gasteiger charge is -2.08. The first-order valence-corrected chi connectivity index (χ1v) is 9.93. The maximum atomic E-state index is 13.0. The van der Waals surface area contributed by atoms with E-state index >= 15 is 0 Å². The van der Waals surface area contributed by atoms with Crippen LogP contribution in [0.5, 0.6) is 5.75 Å². The molecule has 0 atom stereocenters. The average Bonchev–Trinajstić information content (AvgIpc) is 3.36. The number of carbonyl (C=O) groups is 1. The van der Waals surface area contributed by atoms with Crippen LogP contribution in [0, 0.1) is 0 Å². The summed E-state index contributed by atoms with van der Waals surface area (Å²) >= 11 is 1.41. The van der Waals surface area contributed by atoms with E-state index in [0.717, 1.165) is 16.0 Å². The summed E-state index contributed by atoms with van der Waals surface area (Å²) < 4.78 is 7.30. The van der Waals surface area contributed by atoms with Gasteiger partial charge in [0.1, 0.15) is 10.6 Å². The zero-order valence-electron chi connectivity index (χ0n) is 16.0. The van der Waals surface area contributed by atoms with Gasteiger partial charge in [0, 0.05) is 23.2 Å². The number of carbonyl (C=O) groups excluding carboxylic acids is 1. The molecular formula is C21H19N5O2S. The van der Waals surface area contributed by atoms with Crippen LogP contribution in [0.2, 0.25) is 0 Å². The number of hydrogen-bond donors (Lipinski definition) is 1. The van der Waals surface area contributed by atoms with Gasteiger partial charge >= 0.3 is 0 Å². The Labute approximate surface area is 172 Å². The lowest BCUT2D eigenvalue weighted by molar-refractivity contribution is 0.102. The number of hydrogen-bond acceptors (Lipinski definition) is 6. The molecule has 8 heteroatoms. The first-order chi connectivity index (χ1) is 14.2. The van der Waals surface area contributed by atoms with E-state index in [2.05, 4.69) is 20.8 Å². The Balaban J connectivity index is 1.62. The summed E-state index contributed by atoms with van der Waals surface area (Å²) in [7, 11) is 1.77. The summed E-state index contributed by atoms with van der Waals surface area (Å²) in [6, 6.07) is 19.3. The molecule has 0 spiro atoms. The number of aryl methyl sites for hydroxylation is 1. The summed E-state index contributed by atoms with van der Waals surface area (Å²) in [4.78, 5) is 14.5. The molecule has 0 unspecified atom stereocenters. The van der Waals surface area contributed by atoms with Gasteiger partial charge in [0.25, 0.3) is 5.91 Å². The fourth-order valence-electron chi connectivity index (χ4n) is 2.94. The molecule has 0 radical (unpaired) electrons. The van der Waals surface area contributed by atoms with E-state index in [-0.39, 0.29) is 5.91 Å². The molecule has 4 aromatic rings. The molecule has 4 rings (SSSR count). The topological polar surface area (TPSA) is 81.9 Å². The van der Waals surface area contributed by atoms with Crippen LogP contribution < -0.4 is 10.1 Å². The number of thiophene rings is 1. The number of nitrogens with one attached hydrogen (secondary N) is 1. The zero-order valence-corrected chi connectivity index (χ0v) is 16.8. The normalized spacial score (nSPS) is 10.7. The Morgan fingerprint density at radius 2 is 1.90 bits per heavy atom. The maximum Gasteiger partial charge on any atom is 0.269 e. The van der Waals surface area contributed by atoms with Crippen LogP contribution in [-0.4, -0.2) is 32.7 Å². The van der Waals surface area contributed by atoms with Gasteiger partial charge in [-0.25, -0.2) is 4.68 Å². The van der Waals surface area contributed by atoms with Crippen molar-refractivity contribution in [2.24, 2.45) is 7.05 Å². The van der Waals surface area contributed by atoms with E-state index in [4.69, 9.17) is 4.74 Å². The van der Waals surface area contributed by atoms with Crippen LogP contribution in [0.25, 0.3) is 21.8 Å². The fraction of sp³-hybridized carbons (Fsp3) is 0.143. The minimum atomic E-state index is -0.214. The molecule has 0 saturated carbocycles. The third-order valence-corrected chi connectivity index (χ3v) is 5.43. The van der Waals surface area contributed by atoms with Crippen LogP contribution in [0.1, 0.15) is 16.6 Å². The smallest absolute Gasteiger partial charge is 0.269 e. The Morgan fingerprint density at radius 3 is 2.62 bits per heavy atom. The predicted molar refractivity (Wildman–Crippen MR) is 113 cm³/mol. The van der Waals surface area contributed by atoms with Crippen molar-refractivity contribution in [3.8, 4) is 27.6 Å². The zero-order chi connectivity index (χ0) is 20.2. The second kappa shape index (κ2) is 8.24. The molecule has 2 aromatic heterocycles. The fourth-order valence-corrected chi connectivity index (χ4v) is 3.94. The quantitative estimate of drug-likeness (QED) is 0.518. The number of ether oxygens (including phenoxy) is 1. The maximum absolute atomic E-state index is 13.0. The Bertz CT molecular complexity index is 1140. The van der Waals surface area contributed by atoms with Crippen LogP contribution in [0.4, 0.5) is 5.69 Å². The third-order valence-electron chi connectivity index (χ3n) is 4.26. The first kappa shape index (κ1) is 18.8. The van der Waals surface area contributed by atoms with Crippen molar-refractivity contribution in [2.45, 2.75) is 6.92 Å². The van der Waals surface area contributed by atoms with E-state index < -0.39 is 0 Å². The SMILES string of the molecule is CCOc1cc(-c2ccccc2)sc1C(=O)Nc1cccc(-c2nnnn2C)c1. The summed E-state index contributed by atoms with van der Waals surface area (Å²) in [6.07, 6.45) is 0. The third kappa shape index (κ3) is 4.02. The predicted octanol–water partition coefficient (Wildman–Crippen LogP) is 4.26. The van der Waals surface area contributed by atoms with Crippen LogP contribution in [-0.2, 0) is 7.05 Å². The van der Waals surface area contributed by atoms with Gasteiger partial charge in [-0.3, -0.25) is 4.79 Å². The number of aromatic nitrogens is 4. The lowest BCUT2D eigenvalue weighted by Crippen LogP contribution is -2.11. The van der Waals surface area contributed by atoms with Gasteiger partial charge in [-0.1, -0.05) is 42.5 Å². The molecule has 7 nitrogen and oxygen atoms in total. The molecule has 0 fully saturated rings. The number of amides is 1. The molecule has 0 aliphatic carbocycles. The van der Waals surface area contributed by atoms with E-state index in [1.165, 1.54) is 11.3 Å². The molecular weight excluding hydrogens is 386 g/mol. The highest BCUT2D eigenvalue weighted by molar-refractivity contribution is 7.17. The van der Waals surface area contributed by atoms with E-state index in [1.807, 2.05) is 67.6 Å². The minimum Gasteiger partial charge on any atom is -0.492 e. The highest BCUT2D eigenvalue weighted by atomic mass is 32.1. The summed E-state index contributed by atoms with van der Waals surface area (Å²) in [5.41, 5.74) is 2.53. The standard InChI is InChI=1S/C21H19N5O2S/c1-3-28-17-13-18(14-8-5-4-6-9-14)29-19(17)21(27)22-16-11-7-10-15(12-16)20-23-24-25-26(20)2/h4-13H,3H2,1-2H3,(H,22,27). The molecule has 0 aliphatic heterocycles. The van der Waals surface area contributed by atoms with Crippen LogP contribution in [0.3, 0.4) is 0 Å². The highest BCUT2D eigenvalue weighted by Crippen LogP contribution is 2.37. The molecule has 2 heterocycles. The molecule has 146 valence electrons. The number of benzene rings is 2. The van der Waals surface area contributed by atoms with Crippen LogP contribution >= 0.6 is 11.3 Å². The van der Waals surface area contributed by atoms with E-state index in [1.54, 1.807) is 11.7 Å². The Kier molecular flexibility index (Phi) is 5.35. The molecule has 0 bridgehead atoms. The lowest BCUT2D eigenvalue weighted by atomic mass is 10.2. The number of rotatable bonds is 6. The number of nitrogens with zero attached hydrogens (tertiary/aromatic N) is 4. The molecule has 2 aromatic carbocycles. The molecule has 0 aliphatic rings. The van der Waals surface area contributed by atoms with Gasteiger partial charge in [-0.05, 0) is 41.1 Å². The first-order valence-electron chi connectivity index (χ1n) is 9.12. The van der Waals surface area contributed by atoms with E-state index in [0.29, 0.717) is 28.7 Å². The van der Waals surface area contributed by atoms with Gasteiger partial charge in [0.15, 0.2) is 5.82 Å². The van der Waals surface area contributed by atoms with Crippen molar-refractivity contribution in [3.63, 3.8) is 0 Å². The van der Waals surface area contributed by atoms with Crippen molar-refractivity contribution < 1.29 is 9.53 Å². The van der Waals surface area contributed by atoms with Crippen molar-refractivity contribution >= 4 is 22.9 Å². The van der Waals surface area contributed by atoms with Gasteiger partial charge in [-0.15, -0.1) is 16.4 Å².